The summed E-state index contributed by atoms with van der Waals surface area (Å²) in [7, 11) is 0. The maximum absolute atomic E-state index is 10.4. The van der Waals surface area contributed by atoms with Crippen molar-refractivity contribution in [3.05, 3.63) is 51.6 Å². The van der Waals surface area contributed by atoms with Crippen LogP contribution < -0.4 is 0 Å². The largest absolute Gasteiger partial charge is 0.383 e. The van der Waals surface area contributed by atoms with Crippen molar-refractivity contribution in [1.82, 2.24) is 0 Å². The van der Waals surface area contributed by atoms with Gasteiger partial charge in [0, 0.05) is 12.1 Å². The Bertz CT molecular complexity index is 457. The third-order valence-electron chi connectivity index (χ3n) is 2.15. The Morgan fingerprint density at radius 1 is 1.56 bits per heavy atom. The van der Waals surface area contributed by atoms with Gasteiger partial charge in [-0.1, -0.05) is 6.08 Å². The number of non-ortho nitro benzene ring substituents is 1. The van der Waals surface area contributed by atoms with Gasteiger partial charge in [0.2, 0.25) is 0 Å². The van der Waals surface area contributed by atoms with E-state index in [0.29, 0.717) is 5.56 Å². The maximum atomic E-state index is 10.4. The first-order chi connectivity index (χ1) is 7.60. The molecule has 82 valence electrons. The molecule has 0 saturated carbocycles. The van der Waals surface area contributed by atoms with Crippen LogP contribution in [-0.2, 0) is 0 Å². The Morgan fingerprint density at radius 2 is 2.12 bits per heavy atom. The number of aliphatic hydroxyl groups is 1. The van der Waals surface area contributed by atoms with Crippen LogP contribution in [0.5, 0.6) is 0 Å². The molecule has 0 aliphatic heterocycles. The zero-order valence-electron chi connectivity index (χ0n) is 8.62. The molecule has 5 nitrogen and oxygen atoms in total. The normalized spacial score (nSPS) is 12.9. The van der Waals surface area contributed by atoms with E-state index in [1.165, 1.54) is 30.3 Å². The minimum absolute atomic E-state index is 0.0464. The number of allylic oxidation sites excluding steroid dienone is 1. The Balaban J connectivity index is 2.99. The molecule has 16 heavy (non-hydrogen) atoms. The smallest absolute Gasteiger partial charge is 0.269 e. The fourth-order valence-corrected chi connectivity index (χ4v) is 1.24. The first-order valence-electron chi connectivity index (χ1n) is 4.59. The Labute approximate surface area is 92.4 Å². The molecule has 1 aromatic rings. The number of benzene rings is 1. The summed E-state index contributed by atoms with van der Waals surface area (Å²) in [6.07, 6.45) is 0.474. The van der Waals surface area contributed by atoms with Gasteiger partial charge in [-0.2, -0.15) is 5.26 Å². The molecule has 0 saturated heterocycles. The molecule has 1 atom stereocenters. The topological polar surface area (TPSA) is 87.2 Å². The average Bonchev–Trinajstić information content (AvgIpc) is 2.30. The lowest BCUT2D eigenvalue weighted by Gasteiger charge is -2.08. The lowest BCUT2D eigenvalue weighted by molar-refractivity contribution is -0.384. The van der Waals surface area contributed by atoms with Gasteiger partial charge in [-0.25, -0.2) is 0 Å². The van der Waals surface area contributed by atoms with Crippen LogP contribution in [-0.4, -0.2) is 10.0 Å². The summed E-state index contributed by atoms with van der Waals surface area (Å²) in [5, 5.41) is 28.9. The van der Waals surface area contributed by atoms with Gasteiger partial charge in [0.05, 0.1) is 16.6 Å². The second kappa shape index (κ2) is 5.05. The standard InChI is InChI=1S/C11H10N2O3/c1-2-8(7-12)11(14)9-3-5-10(6-4-9)13(15)16/h2-6,11,14H,1H3. The molecule has 1 unspecified atom stereocenters. The molecule has 1 aromatic carbocycles. The number of aliphatic hydroxyl groups excluding tert-OH is 1. The van der Waals surface area contributed by atoms with E-state index in [-0.39, 0.29) is 11.3 Å². The maximum Gasteiger partial charge on any atom is 0.269 e. The van der Waals surface area contributed by atoms with Crippen LogP contribution >= 0.6 is 0 Å². The van der Waals surface area contributed by atoms with Gasteiger partial charge in [-0.05, 0) is 24.6 Å². The highest BCUT2D eigenvalue weighted by molar-refractivity contribution is 5.38. The molecule has 5 heteroatoms. The summed E-state index contributed by atoms with van der Waals surface area (Å²) in [4.78, 5) is 9.89. The van der Waals surface area contributed by atoms with E-state index in [1.54, 1.807) is 6.92 Å². The van der Waals surface area contributed by atoms with Crippen molar-refractivity contribution in [3.63, 3.8) is 0 Å². The number of nitro groups is 1. The second-order valence-electron chi connectivity index (χ2n) is 3.11. The predicted octanol–water partition coefficient (Wildman–Crippen LogP) is 2.10. The third-order valence-corrected chi connectivity index (χ3v) is 2.15. The number of nitriles is 1. The summed E-state index contributed by atoms with van der Waals surface area (Å²) in [5.41, 5.74) is 0.629. The molecular formula is C11H10N2O3. The molecule has 0 bridgehead atoms. The molecule has 0 fully saturated rings. The molecule has 1 rings (SSSR count). The lowest BCUT2D eigenvalue weighted by atomic mass is 10.0. The van der Waals surface area contributed by atoms with Crippen LogP contribution in [0, 0.1) is 21.4 Å². The molecular weight excluding hydrogens is 208 g/mol. The predicted molar refractivity (Wildman–Crippen MR) is 57.4 cm³/mol. The molecule has 0 radical (unpaired) electrons. The van der Waals surface area contributed by atoms with Crippen LogP contribution in [0.15, 0.2) is 35.9 Å². The van der Waals surface area contributed by atoms with E-state index in [1.807, 2.05) is 6.07 Å². The Kier molecular flexibility index (Phi) is 3.75. The highest BCUT2D eigenvalue weighted by Gasteiger charge is 2.13. The SMILES string of the molecule is CC=C(C#N)C(O)c1ccc([N+](=O)[O-])cc1. The number of hydrogen-bond acceptors (Lipinski definition) is 4. The Morgan fingerprint density at radius 3 is 2.50 bits per heavy atom. The van der Waals surface area contributed by atoms with Gasteiger partial charge in [0.15, 0.2) is 0 Å². The van der Waals surface area contributed by atoms with E-state index in [2.05, 4.69) is 0 Å². The van der Waals surface area contributed by atoms with E-state index in [0.717, 1.165) is 0 Å². The third kappa shape index (κ3) is 2.43. The van der Waals surface area contributed by atoms with Gasteiger partial charge in [-0.3, -0.25) is 10.1 Å². The fraction of sp³-hybridized carbons (Fsp3) is 0.182. The number of nitrogens with zero attached hydrogens (tertiary/aromatic N) is 2. The number of nitro benzene ring substituents is 1. The molecule has 0 aromatic heterocycles. The molecule has 1 N–H and O–H groups in total. The Hall–Kier alpha value is -2.19. The number of hydrogen-bond donors (Lipinski definition) is 1. The van der Waals surface area contributed by atoms with E-state index >= 15 is 0 Å². The van der Waals surface area contributed by atoms with Gasteiger partial charge in [0.1, 0.15) is 6.10 Å². The average molecular weight is 218 g/mol. The lowest BCUT2D eigenvalue weighted by Crippen LogP contribution is -2.00. The van der Waals surface area contributed by atoms with Crippen molar-refractivity contribution >= 4 is 5.69 Å². The van der Waals surface area contributed by atoms with E-state index in [9.17, 15) is 15.2 Å². The minimum Gasteiger partial charge on any atom is -0.383 e. The molecule has 0 spiro atoms. The summed E-state index contributed by atoms with van der Waals surface area (Å²) in [5.74, 6) is 0. The van der Waals surface area contributed by atoms with Gasteiger partial charge < -0.3 is 5.11 Å². The van der Waals surface area contributed by atoms with Gasteiger partial charge >= 0.3 is 0 Å². The zero-order valence-corrected chi connectivity index (χ0v) is 8.62. The van der Waals surface area contributed by atoms with Crippen LogP contribution in [0.1, 0.15) is 18.6 Å². The summed E-state index contributed by atoms with van der Waals surface area (Å²) >= 11 is 0. The number of rotatable bonds is 3. The van der Waals surface area contributed by atoms with E-state index in [4.69, 9.17) is 5.26 Å². The first-order valence-corrected chi connectivity index (χ1v) is 4.59. The zero-order chi connectivity index (χ0) is 12.1. The minimum atomic E-state index is -1.03. The molecule has 0 amide bonds. The van der Waals surface area contributed by atoms with Crippen LogP contribution in [0.25, 0.3) is 0 Å². The summed E-state index contributed by atoms with van der Waals surface area (Å²) in [6, 6.07) is 7.32. The van der Waals surface area contributed by atoms with Crippen LogP contribution in [0.3, 0.4) is 0 Å². The van der Waals surface area contributed by atoms with Crippen molar-refractivity contribution in [2.45, 2.75) is 13.0 Å². The van der Waals surface area contributed by atoms with Crippen molar-refractivity contribution in [2.24, 2.45) is 0 Å². The summed E-state index contributed by atoms with van der Waals surface area (Å²) < 4.78 is 0. The van der Waals surface area contributed by atoms with Gasteiger partial charge in [-0.15, -0.1) is 0 Å². The van der Waals surface area contributed by atoms with Crippen molar-refractivity contribution in [2.75, 3.05) is 0 Å². The fourth-order valence-electron chi connectivity index (χ4n) is 1.24. The van der Waals surface area contributed by atoms with Crippen LogP contribution in [0.4, 0.5) is 5.69 Å². The summed E-state index contributed by atoms with van der Waals surface area (Å²) in [6.45, 7) is 1.65. The van der Waals surface area contributed by atoms with Crippen molar-refractivity contribution in [3.8, 4) is 6.07 Å². The van der Waals surface area contributed by atoms with Gasteiger partial charge in [0.25, 0.3) is 5.69 Å². The second-order valence-corrected chi connectivity index (χ2v) is 3.11. The quantitative estimate of drug-likeness (QED) is 0.478. The molecule has 0 aliphatic rings. The highest BCUT2D eigenvalue weighted by Crippen LogP contribution is 2.23. The molecule has 0 aliphatic carbocycles. The van der Waals surface area contributed by atoms with E-state index < -0.39 is 11.0 Å². The first kappa shape index (κ1) is 11.9. The van der Waals surface area contributed by atoms with Crippen molar-refractivity contribution in [1.29, 1.82) is 5.26 Å². The highest BCUT2D eigenvalue weighted by atomic mass is 16.6. The van der Waals surface area contributed by atoms with Crippen LogP contribution in [0.2, 0.25) is 0 Å². The molecule has 0 heterocycles. The van der Waals surface area contributed by atoms with Crippen molar-refractivity contribution < 1.29 is 10.0 Å². The monoisotopic (exact) mass is 218 g/mol.